The molecule has 1 atom stereocenters. The number of amides is 1. The number of sulfone groups is 1. The average molecular weight is 579 g/mol. The monoisotopic (exact) mass is 578 g/mol. The van der Waals surface area contributed by atoms with Crippen LogP contribution in [0.4, 0.5) is 10.1 Å². The van der Waals surface area contributed by atoms with E-state index < -0.39 is 37.6 Å². The smallest absolute Gasteiger partial charge is 0.250 e. The van der Waals surface area contributed by atoms with Crippen LogP contribution >= 0.6 is 22.9 Å². The number of benzene rings is 3. The third kappa shape index (κ3) is 5.01. The molecule has 0 bridgehead atoms. The van der Waals surface area contributed by atoms with Crippen molar-refractivity contribution in [3.05, 3.63) is 77.6 Å². The maximum Gasteiger partial charge on any atom is 0.250 e. The molecular formula is C25H20ClFN2O5S3. The van der Waals surface area contributed by atoms with Gasteiger partial charge in [-0.25, -0.2) is 21.2 Å². The predicted octanol–water partition coefficient (Wildman–Crippen LogP) is 4.85. The zero-order valence-corrected chi connectivity index (χ0v) is 22.5. The first-order chi connectivity index (χ1) is 17.4. The van der Waals surface area contributed by atoms with Crippen molar-refractivity contribution in [2.24, 2.45) is 0 Å². The maximum absolute atomic E-state index is 15.2. The molecule has 192 valence electrons. The number of sulfonamides is 1. The van der Waals surface area contributed by atoms with E-state index in [2.05, 4.69) is 4.72 Å². The first kappa shape index (κ1) is 25.8. The third-order valence-corrected chi connectivity index (χ3v) is 10.5. The topological polar surface area (TPSA) is 101 Å². The molecule has 3 aromatic carbocycles. The summed E-state index contributed by atoms with van der Waals surface area (Å²) >= 11 is 7.03. The number of carbonyl (C=O) groups is 1. The van der Waals surface area contributed by atoms with Crippen LogP contribution in [-0.2, 0) is 24.7 Å². The molecule has 37 heavy (non-hydrogen) atoms. The SMILES string of the molecule is CS(=O)(=O)c1ccccc1-c1ccc(N2CCC(NS(=O)(=O)c3cc4ccc(Cl)cc4s3)C2=O)c(F)c1. The van der Waals surface area contributed by atoms with Crippen molar-refractivity contribution in [1.82, 2.24) is 4.72 Å². The van der Waals surface area contributed by atoms with Crippen LogP contribution in [0.25, 0.3) is 21.2 Å². The molecular weight excluding hydrogens is 559 g/mol. The molecule has 1 saturated heterocycles. The fourth-order valence-electron chi connectivity index (χ4n) is 4.31. The number of carbonyl (C=O) groups excluding carboxylic acids is 1. The van der Waals surface area contributed by atoms with Crippen molar-refractivity contribution in [3.63, 3.8) is 0 Å². The summed E-state index contributed by atoms with van der Waals surface area (Å²) in [7, 11) is -7.55. The molecule has 1 aromatic heterocycles. The van der Waals surface area contributed by atoms with Gasteiger partial charge in [-0.2, -0.15) is 4.72 Å². The van der Waals surface area contributed by atoms with E-state index in [9.17, 15) is 21.6 Å². The number of nitrogens with zero attached hydrogens (tertiary/aromatic N) is 1. The normalized spacial score (nSPS) is 16.6. The van der Waals surface area contributed by atoms with Gasteiger partial charge in [-0.15, -0.1) is 11.3 Å². The summed E-state index contributed by atoms with van der Waals surface area (Å²) < 4.78 is 68.6. The highest BCUT2D eigenvalue weighted by Gasteiger charge is 2.37. The van der Waals surface area contributed by atoms with E-state index in [-0.39, 0.29) is 27.8 Å². The quantitative estimate of drug-likeness (QED) is 0.353. The zero-order chi connectivity index (χ0) is 26.5. The molecule has 0 radical (unpaired) electrons. The summed E-state index contributed by atoms with van der Waals surface area (Å²) in [5.74, 6) is -1.30. The van der Waals surface area contributed by atoms with Crippen LogP contribution in [0.2, 0.25) is 5.02 Å². The van der Waals surface area contributed by atoms with Gasteiger partial charge in [-0.3, -0.25) is 4.79 Å². The number of halogens is 2. The van der Waals surface area contributed by atoms with Gasteiger partial charge in [0.15, 0.2) is 9.84 Å². The van der Waals surface area contributed by atoms with Gasteiger partial charge in [0.1, 0.15) is 16.1 Å². The van der Waals surface area contributed by atoms with Gasteiger partial charge in [0.05, 0.1) is 10.6 Å². The highest BCUT2D eigenvalue weighted by atomic mass is 35.5. The largest absolute Gasteiger partial charge is 0.308 e. The molecule has 4 aromatic rings. The molecule has 1 fully saturated rings. The summed E-state index contributed by atoms with van der Waals surface area (Å²) in [5, 5.41) is 1.20. The Hall–Kier alpha value is -2.83. The highest BCUT2D eigenvalue weighted by Crippen LogP contribution is 2.34. The lowest BCUT2D eigenvalue weighted by atomic mass is 10.0. The number of anilines is 1. The van der Waals surface area contributed by atoms with E-state index >= 15 is 4.39 Å². The van der Waals surface area contributed by atoms with E-state index in [4.69, 9.17) is 11.6 Å². The van der Waals surface area contributed by atoms with Crippen molar-refractivity contribution < 1.29 is 26.0 Å². The first-order valence-corrected chi connectivity index (χ1v) is 15.6. The van der Waals surface area contributed by atoms with Gasteiger partial charge in [0, 0.05) is 28.1 Å². The van der Waals surface area contributed by atoms with Crippen LogP contribution in [0.1, 0.15) is 6.42 Å². The van der Waals surface area contributed by atoms with Crippen LogP contribution in [0.15, 0.2) is 75.8 Å². The molecule has 2 heterocycles. The molecule has 1 N–H and O–H groups in total. The van der Waals surface area contributed by atoms with Crippen LogP contribution < -0.4 is 9.62 Å². The number of fused-ring (bicyclic) bond motifs is 1. The van der Waals surface area contributed by atoms with E-state index in [0.29, 0.717) is 26.2 Å². The van der Waals surface area contributed by atoms with Gasteiger partial charge in [0.2, 0.25) is 5.91 Å². The van der Waals surface area contributed by atoms with Crippen LogP contribution in [0, 0.1) is 5.82 Å². The summed E-state index contributed by atoms with van der Waals surface area (Å²) in [6.07, 6.45) is 1.24. The molecule has 7 nitrogen and oxygen atoms in total. The molecule has 1 aliphatic rings. The Bertz CT molecular complexity index is 1770. The van der Waals surface area contributed by atoms with Crippen molar-refractivity contribution >= 4 is 64.5 Å². The van der Waals surface area contributed by atoms with Gasteiger partial charge >= 0.3 is 0 Å². The lowest BCUT2D eigenvalue weighted by molar-refractivity contribution is -0.118. The second-order valence-corrected chi connectivity index (χ2v) is 14.1. The minimum atomic E-state index is -4.00. The van der Waals surface area contributed by atoms with Gasteiger partial charge in [-0.05, 0) is 53.8 Å². The molecule has 5 rings (SSSR count). The van der Waals surface area contributed by atoms with Gasteiger partial charge in [-0.1, -0.05) is 41.9 Å². The third-order valence-electron chi connectivity index (χ3n) is 6.06. The van der Waals surface area contributed by atoms with Gasteiger partial charge in [0.25, 0.3) is 10.0 Å². The lowest BCUT2D eigenvalue weighted by Crippen LogP contribution is -2.41. The zero-order valence-electron chi connectivity index (χ0n) is 19.3. The fraction of sp³-hybridized carbons (Fsp3) is 0.160. The van der Waals surface area contributed by atoms with Gasteiger partial charge < -0.3 is 4.90 Å². The number of rotatable bonds is 6. The summed E-state index contributed by atoms with van der Waals surface area (Å²) in [6, 6.07) is 15.9. The Kier molecular flexibility index (Phi) is 6.61. The predicted molar refractivity (Wildman–Crippen MR) is 143 cm³/mol. The molecule has 1 amide bonds. The second-order valence-electron chi connectivity index (χ2n) is 8.63. The van der Waals surface area contributed by atoms with Crippen molar-refractivity contribution in [2.45, 2.75) is 21.6 Å². The van der Waals surface area contributed by atoms with E-state index in [1.165, 1.54) is 35.2 Å². The fourth-order valence-corrected chi connectivity index (χ4v) is 8.13. The first-order valence-electron chi connectivity index (χ1n) is 11.1. The summed E-state index contributed by atoms with van der Waals surface area (Å²) in [6.45, 7) is 0.115. The Morgan fingerprint density at radius 1 is 1.03 bits per heavy atom. The molecule has 12 heteroatoms. The highest BCUT2D eigenvalue weighted by molar-refractivity contribution is 7.92. The molecule has 0 spiro atoms. The minimum absolute atomic E-state index is 0.0104. The Labute approximate surface area is 222 Å². The van der Waals surface area contributed by atoms with Crippen molar-refractivity contribution in [2.75, 3.05) is 17.7 Å². The van der Waals surface area contributed by atoms with E-state index in [1.54, 1.807) is 36.4 Å². The van der Waals surface area contributed by atoms with E-state index in [1.807, 2.05) is 0 Å². The summed E-state index contributed by atoms with van der Waals surface area (Å²) in [4.78, 5) is 14.3. The molecule has 0 saturated carbocycles. The number of thiophene rings is 1. The van der Waals surface area contributed by atoms with Crippen LogP contribution in [0.5, 0.6) is 0 Å². The Morgan fingerprint density at radius 3 is 2.51 bits per heavy atom. The Balaban J connectivity index is 1.38. The lowest BCUT2D eigenvalue weighted by Gasteiger charge is -2.19. The Morgan fingerprint density at radius 2 is 1.78 bits per heavy atom. The van der Waals surface area contributed by atoms with Crippen molar-refractivity contribution in [1.29, 1.82) is 0 Å². The van der Waals surface area contributed by atoms with Crippen LogP contribution in [-0.4, -0.2) is 41.6 Å². The number of nitrogens with one attached hydrogen (secondary N) is 1. The standard InChI is InChI=1S/C25H20ClFN2O5S3/c1-36(31,32)23-5-3-2-4-18(23)15-7-9-21(19(27)12-15)29-11-10-20(25(29)30)28-37(33,34)24-13-16-6-8-17(26)14-22(16)35-24/h2-9,12-14,20,28H,10-11H2,1H3. The molecule has 0 aliphatic carbocycles. The van der Waals surface area contributed by atoms with Crippen molar-refractivity contribution in [3.8, 4) is 11.1 Å². The minimum Gasteiger partial charge on any atom is -0.308 e. The van der Waals surface area contributed by atoms with Crippen LogP contribution in [0.3, 0.4) is 0 Å². The maximum atomic E-state index is 15.2. The number of hydrogen-bond acceptors (Lipinski definition) is 6. The summed E-state index contributed by atoms with van der Waals surface area (Å²) in [5.41, 5.74) is 0.679. The average Bonchev–Trinajstić information content (AvgIpc) is 3.42. The second kappa shape index (κ2) is 9.48. The van der Waals surface area contributed by atoms with E-state index in [0.717, 1.165) is 17.6 Å². The molecule has 1 unspecified atom stereocenters. The molecule has 1 aliphatic heterocycles. The number of hydrogen-bond donors (Lipinski definition) is 1.